The van der Waals surface area contributed by atoms with E-state index in [1.54, 1.807) is 18.2 Å². The number of nitriles is 1. The van der Waals surface area contributed by atoms with E-state index in [0.717, 1.165) is 16.0 Å². The molecule has 5 heteroatoms. The SMILES string of the molecule is Cc1sc(NC(=O)/C=C/c2cccc(Cl)c2)c(C#N)c1C. The van der Waals surface area contributed by atoms with Crippen molar-refractivity contribution in [1.82, 2.24) is 0 Å². The normalized spacial score (nSPS) is 10.6. The topological polar surface area (TPSA) is 52.9 Å². The molecule has 2 rings (SSSR count). The lowest BCUT2D eigenvalue weighted by molar-refractivity contribution is -0.111. The molecule has 21 heavy (non-hydrogen) atoms. The Morgan fingerprint density at radius 2 is 2.19 bits per heavy atom. The molecule has 0 aliphatic heterocycles. The summed E-state index contributed by atoms with van der Waals surface area (Å²) in [5, 5.41) is 13.1. The smallest absolute Gasteiger partial charge is 0.249 e. The number of halogens is 1. The van der Waals surface area contributed by atoms with Crippen LogP contribution in [0.4, 0.5) is 5.00 Å². The van der Waals surface area contributed by atoms with Crippen molar-refractivity contribution in [1.29, 1.82) is 5.26 Å². The Bertz CT molecular complexity index is 756. The minimum Gasteiger partial charge on any atom is -0.313 e. The van der Waals surface area contributed by atoms with Gasteiger partial charge in [-0.15, -0.1) is 11.3 Å². The lowest BCUT2D eigenvalue weighted by atomic mass is 10.2. The molecule has 0 spiro atoms. The average Bonchev–Trinajstić information content (AvgIpc) is 2.71. The minimum absolute atomic E-state index is 0.271. The summed E-state index contributed by atoms with van der Waals surface area (Å²) < 4.78 is 0. The third-order valence-corrected chi connectivity index (χ3v) is 4.37. The molecule has 0 unspecified atom stereocenters. The first kappa shape index (κ1) is 15.3. The number of benzene rings is 1. The van der Waals surface area contributed by atoms with Crippen LogP contribution < -0.4 is 5.32 Å². The number of hydrogen-bond acceptors (Lipinski definition) is 3. The Balaban J connectivity index is 2.13. The molecule has 0 bridgehead atoms. The molecule has 0 aliphatic rings. The van der Waals surface area contributed by atoms with Gasteiger partial charge >= 0.3 is 0 Å². The van der Waals surface area contributed by atoms with Crippen molar-refractivity contribution >= 4 is 39.9 Å². The van der Waals surface area contributed by atoms with Gasteiger partial charge in [0.2, 0.25) is 5.91 Å². The quantitative estimate of drug-likeness (QED) is 0.845. The van der Waals surface area contributed by atoms with Crippen LogP contribution in [0.25, 0.3) is 6.08 Å². The number of nitrogens with one attached hydrogen (secondary N) is 1. The molecule has 1 heterocycles. The van der Waals surface area contributed by atoms with Crippen molar-refractivity contribution in [2.45, 2.75) is 13.8 Å². The third kappa shape index (κ3) is 3.72. The highest BCUT2D eigenvalue weighted by Gasteiger charge is 2.13. The van der Waals surface area contributed by atoms with Gasteiger partial charge in [-0.05, 0) is 43.2 Å². The molecular formula is C16H13ClN2OS. The van der Waals surface area contributed by atoms with Crippen molar-refractivity contribution < 1.29 is 4.79 Å². The van der Waals surface area contributed by atoms with Crippen LogP contribution >= 0.6 is 22.9 Å². The summed E-state index contributed by atoms with van der Waals surface area (Å²) in [6.07, 6.45) is 3.11. The van der Waals surface area contributed by atoms with Crippen LogP contribution in [0.3, 0.4) is 0 Å². The monoisotopic (exact) mass is 316 g/mol. The summed E-state index contributed by atoms with van der Waals surface area (Å²) in [6.45, 7) is 3.81. The molecule has 1 aromatic heterocycles. The molecule has 0 saturated carbocycles. The highest BCUT2D eigenvalue weighted by molar-refractivity contribution is 7.16. The van der Waals surface area contributed by atoms with Gasteiger partial charge in [-0.3, -0.25) is 4.79 Å². The van der Waals surface area contributed by atoms with E-state index in [4.69, 9.17) is 16.9 Å². The zero-order valence-corrected chi connectivity index (χ0v) is 13.2. The number of carbonyl (C=O) groups is 1. The summed E-state index contributed by atoms with van der Waals surface area (Å²) in [5.74, 6) is -0.271. The molecule has 2 aromatic rings. The van der Waals surface area contributed by atoms with Crippen molar-refractivity contribution in [2.24, 2.45) is 0 Å². The maximum atomic E-state index is 11.9. The molecule has 3 nitrogen and oxygen atoms in total. The molecule has 0 aliphatic carbocycles. The molecule has 1 N–H and O–H groups in total. The average molecular weight is 317 g/mol. The zero-order chi connectivity index (χ0) is 15.4. The van der Waals surface area contributed by atoms with Gasteiger partial charge in [0.05, 0.1) is 5.56 Å². The zero-order valence-electron chi connectivity index (χ0n) is 11.6. The highest BCUT2D eigenvalue weighted by atomic mass is 35.5. The first-order valence-corrected chi connectivity index (χ1v) is 7.45. The predicted octanol–water partition coefficient (Wildman–Crippen LogP) is 4.54. The standard InChI is InChI=1S/C16H13ClN2OS/c1-10-11(2)21-16(14(10)9-18)19-15(20)7-6-12-4-3-5-13(17)8-12/h3-8H,1-2H3,(H,19,20)/b7-6+. The van der Waals surface area contributed by atoms with E-state index < -0.39 is 0 Å². The third-order valence-electron chi connectivity index (χ3n) is 3.01. The van der Waals surface area contributed by atoms with E-state index in [2.05, 4.69) is 11.4 Å². The number of amides is 1. The molecular weight excluding hydrogens is 304 g/mol. The van der Waals surface area contributed by atoms with E-state index in [1.807, 2.05) is 26.0 Å². The van der Waals surface area contributed by atoms with Crippen LogP contribution in [0, 0.1) is 25.2 Å². The Kier molecular flexibility index (Phi) is 4.79. The molecule has 1 amide bonds. The second-order valence-corrected chi connectivity index (χ2v) is 6.14. The Morgan fingerprint density at radius 3 is 2.86 bits per heavy atom. The molecule has 0 fully saturated rings. The Hall–Kier alpha value is -2.09. The van der Waals surface area contributed by atoms with Crippen LogP contribution in [-0.2, 0) is 4.79 Å². The summed E-state index contributed by atoms with van der Waals surface area (Å²) in [5.41, 5.74) is 2.29. The number of nitrogens with zero attached hydrogens (tertiary/aromatic N) is 1. The van der Waals surface area contributed by atoms with Crippen LogP contribution in [-0.4, -0.2) is 5.91 Å². The van der Waals surface area contributed by atoms with Crippen molar-refractivity contribution in [3.8, 4) is 6.07 Å². The van der Waals surface area contributed by atoms with E-state index in [1.165, 1.54) is 17.4 Å². The van der Waals surface area contributed by atoms with Crippen molar-refractivity contribution in [3.63, 3.8) is 0 Å². The van der Waals surface area contributed by atoms with Gasteiger partial charge in [0.25, 0.3) is 0 Å². The first-order valence-electron chi connectivity index (χ1n) is 6.26. The lowest BCUT2D eigenvalue weighted by Gasteiger charge is -1.99. The van der Waals surface area contributed by atoms with Crippen molar-refractivity contribution in [3.05, 3.63) is 56.9 Å². The number of thiophene rings is 1. The number of rotatable bonds is 3. The van der Waals surface area contributed by atoms with Crippen LogP contribution in [0.15, 0.2) is 30.3 Å². The van der Waals surface area contributed by atoms with E-state index >= 15 is 0 Å². The van der Waals surface area contributed by atoms with Crippen LogP contribution in [0.2, 0.25) is 5.02 Å². The summed E-state index contributed by atoms with van der Waals surface area (Å²) in [4.78, 5) is 13.0. The van der Waals surface area contributed by atoms with Crippen LogP contribution in [0.5, 0.6) is 0 Å². The maximum absolute atomic E-state index is 11.9. The first-order chi connectivity index (χ1) is 10.0. The highest BCUT2D eigenvalue weighted by Crippen LogP contribution is 2.31. The van der Waals surface area contributed by atoms with Gasteiger partial charge in [0.15, 0.2) is 0 Å². The van der Waals surface area contributed by atoms with E-state index in [0.29, 0.717) is 15.6 Å². The minimum atomic E-state index is -0.271. The summed E-state index contributed by atoms with van der Waals surface area (Å²) >= 11 is 7.29. The van der Waals surface area contributed by atoms with Crippen LogP contribution in [0.1, 0.15) is 21.6 Å². The van der Waals surface area contributed by atoms with Gasteiger partial charge < -0.3 is 5.32 Å². The van der Waals surface area contributed by atoms with E-state index in [9.17, 15) is 4.79 Å². The van der Waals surface area contributed by atoms with E-state index in [-0.39, 0.29) is 5.91 Å². The van der Waals surface area contributed by atoms with Gasteiger partial charge in [-0.25, -0.2) is 0 Å². The molecule has 0 saturated heterocycles. The van der Waals surface area contributed by atoms with Crippen molar-refractivity contribution in [2.75, 3.05) is 5.32 Å². The number of carbonyl (C=O) groups excluding carboxylic acids is 1. The van der Waals surface area contributed by atoms with Gasteiger partial charge in [-0.2, -0.15) is 5.26 Å². The molecule has 1 aromatic carbocycles. The predicted molar refractivity (Wildman–Crippen MR) is 87.6 cm³/mol. The largest absolute Gasteiger partial charge is 0.313 e. The maximum Gasteiger partial charge on any atom is 0.249 e. The van der Waals surface area contributed by atoms with Gasteiger partial charge in [0, 0.05) is 16.0 Å². The van der Waals surface area contributed by atoms with Gasteiger partial charge in [0.1, 0.15) is 11.1 Å². The second-order valence-electron chi connectivity index (χ2n) is 4.48. The number of hydrogen-bond donors (Lipinski definition) is 1. The molecule has 0 radical (unpaired) electrons. The fourth-order valence-corrected chi connectivity index (χ4v) is 3.00. The number of anilines is 1. The number of aryl methyl sites for hydroxylation is 1. The Labute approximate surface area is 132 Å². The second kappa shape index (κ2) is 6.57. The van der Waals surface area contributed by atoms with Gasteiger partial charge in [-0.1, -0.05) is 23.7 Å². The molecule has 0 atom stereocenters. The molecule has 106 valence electrons. The Morgan fingerprint density at radius 1 is 1.43 bits per heavy atom. The summed E-state index contributed by atoms with van der Waals surface area (Å²) in [6, 6.07) is 9.34. The lowest BCUT2D eigenvalue weighted by Crippen LogP contribution is -2.07. The fraction of sp³-hybridized carbons (Fsp3) is 0.125. The fourth-order valence-electron chi connectivity index (χ4n) is 1.79. The summed E-state index contributed by atoms with van der Waals surface area (Å²) in [7, 11) is 0.